The number of likely N-dealkylation sites (tertiary alicyclic amines) is 1. The zero-order chi connectivity index (χ0) is 15.4. The molecule has 1 aromatic carbocycles. The third-order valence-corrected chi connectivity index (χ3v) is 4.23. The molecule has 112 valence electrons. The fraction of sp³-hybridized carbons (Fsp3) is 0.333. The van der Waals surface area contributed by atoms with E-state index in [4.69, 9.17) is 27.9 Å². The van der Waals surface area contributed by atoms with Crippen LogP contribution >= 0.6 is 23.2 Å². The molecule has 1 amide bonds. The first-order valence-electron chi connectivity index (χ1n) is 6.55. The molecule has 0 radical (unpaired) electrons. The van der Waals surface area contributed by atoms with Gasteiger partial charge >= 0.3 is 5.97 Å². The fourth-order valence-electron chi connectivity index (χ4n) is 2.32. The molecule has 1 unspecified atom stereocenters. The summed E-state index contributed by atoms with van der Waals surface area (Å²) in [4.78, 5) is 25.3. The number of esters is 1. The highest BCUT2D eigenvalue weighted by Crippen LogP contribution is 2.26. The molecule has 0 N–H and O–H groups in total. The van der Waals surface area contributed by atoms with E-state index in [0.29, 0.717) is 28.6 Å². The largest absolute Gasteiger partial charge is 0.467 e. The predicted molar refractivity (Wildman–Crippen MR) is 82.2 cm³/mol. The third kappa shape index (κ3) is 3.57. The van der Waals surface area contributed by atoms with Crippen molar-refractivity contribution in [1.29, 1.82) is 0 Å². The van der Waals surface area contributed by atoms with Gasteiger partial charge in [-0.2, -0.15) is 0 Å². The average Bonchev–Trinajstić information content (AvgIpc) is 2.97. The topological polar surface area (TPSA) is 46.6 Å². The maximum atomic E-state index is 12.2. The summed E-state index contributed by atoms with van der Waals surface area (Å²) in [6, 6.07) is 4.70. The molecular weight excluding hydrogens is 313 g/mol. The maximum absolute atomic E-state index is 12.2. The number of methoxy groups -OCH3 is 1. The number of rotatable bonds is 3. The lowest BCUT2D eigenvalue weighted by Crippen LogP contribution is -2.40. The molecule has 0 aliphatic carbocycles. The van der Waals surface area contributed by atoms with Crippen molar-refractivity contribution in [1.82, 2.24) is 4.90 Å². The normalized spacial score (nSPS) is 18.2. The van der Waals surface area contributed by atoms with E-state index in [1.807, 2.05) is 0 Å². The van der Waals surface area contributed by atoms with Gasteiger partial charge in [0.15, 0.2) is 0 Å². The van der Waals surface area contributed by atoms with Crippen molar-refractivity contribution in [3.05, 3.63) is 39.9 Å². The van der Waals surface area contributed by atoms with Crippen molar-refractivity contribution >= 4 is 41.2 Å². The molecule has 1 aliphatic rings. The molecule has 1 saturated heterocycles. The zero-order valence-corrected chi connectivity index (χ0v) is 13.0. The molecule has 0 aromatic heterocycles. The van der Waals surface area contributed by atoms with E-state index in [1.165, 1.54) is 18.1 Å². The average molecular weight is 328 g/mol. The Kier molecular flexibility index (Phi) is 5.26. The highest BCUT2D eigenvalue weighted by Gasteiger charge is 2.33. The summed E-state index contributed by atoms with van der Waals surface area (Å²) in [7, 11) is 1.32. The lowest BCUT2D eigenvalue weighted by Gasteiger charge is -2.20. The Labute approximate surface area is 133 Å². The number of hydrogen-bond acceptors (Lipinski definition) is 3. The van der Waals surface area contributed by atoms with E-state index in [0.717, 1.165) is 6.42 Å². The number of halogens is 2. The summed E-state index contributed by atoms with van der Waals surface area (Å²) >= 11 is 12.0. The van der Waals surface area contributed by atoms with Crippen LogP contribution in [0.2, 0.25) is 10.0 Å². The van der Waals surface area contributed by atoms with Crippen LogP contribution in [0.5, 0.6) is 0 Å². The third-order valence-electron chi connectivity index (χ3n) is 3.40. The van der Waals surface area contributed by atoms with Gasteiger partial charge in [-0.05, 0) is 30.5 Å². The first-order chi connectivity index (χ1) is 10.0. The van der Waals surface area contributed by atoms with Crippen LogP contribution < -0.4 is 0 Å². The second-order valence-electron chi connectivity index (χ2n) is 4.69. The number of carbonyl (C=O) groups is 2. The van der Waals surface area contributed by atoms with Crippen LogP contribution in [0.25, 0.3) is 6.08 Å². The minimum Gasteiger partial charge on any atom is -0.467 e. The molecule has 1 aliphatic heterocycles. The van der Waals surface area contributed by atoms with Crippen molar-refractivity contribution in [3.63, 3.8) is 0 Å². The van der Waals surface area contributed by atoms with Crippen LogP contribution in [-0.2, 0) is 14.3 Å². The van der Waals surface area contributed by atoms with E-state index >= 15 is 0 Å². The first-order valence-corrected chi connectivity index (χ1v) is 7.30. The van der Waals surface area contributed by atoms with Crippen LogP contribution in [0.15, 0.2) is 24.3 Å². The van der Waals surface area contributed by atoms with Crippen LogP contribution in [0.1, 0.15) is 18.4 Å². The standard InChI is InChI=1S/C15H15Cl2NO3/c1-21-15(20)12-6-3-9-18(12)13(19)8-7-10-4-2-5-11(16)14(10)17/h2,4-5,7-8,12H,3,6,9H2,1H3/b8-7+. The van der Waals surface area contributed by atoms with E-state index in [2.05, 4.69) is 0 Å². The molecule has 21 heavy (non-hydrogen) atoms. The van der Waals surface area contributed by atoms with Gasteiger partial charge < -0.3 is 9.64 Å². The zero-order valence-electron chi connectivity index (χ0n) is 11.5. The summed E-state index contributed by atoms with van der Waals surface area (Å²) in [5.41, 5.74) is 0.659. The van der Waals surface area contributed by atoms with Gasteiger partial charge in [0, 0.05) is 12.6 Å². The van der Waals surface area contributed by atoms with Gasteiger partial charge in [-0.3, -0.25) is 4.79 Å². The molecule has 0 bridgehead atoms. The van der Waals surface area contributed by atoms with Crippen LogP contribution in [-0.4, -0.2) is 36.5 Å². The van der Waals surface area contributed by atoms with Crippen LogP contribution in [0.4, 0.5) is 0 Å². The van der Waals surface area contributed by atoms with Crippen LogP contribution in [0.3, 0.4) is 0 Å². The number of hydrogen-bond donors (Lipinski definition) is 0. The number of benzene rings is 1. The fourth-order valence-corrected chi connectivity index (χ4v) is 2.69. The number of amides is 1. The van der Waals surface area contributed by atoms with Crippen LogP contribution in [0, 0.1) is 0 Å². The Morgan fingerprint density at radius 1 is 1.38 bits per heavy atom. The second-order valence-corrected chi connectivity index (χ2v) is 5.47. The summed E-state index contributed by atoms with van der Waals surface area (Å²) in [5, 5.41) is 0.828. The molecule has 1 heterocycles. The maximum Gasteiger partial charge on any atom is 0.328 e. The van der Waals surface area contributed by atoms with Gasteiger partial charge in [-0.15, -0.1) is 0 Å². The SMILES string of the molecule is COC(=O)C1CCCN1C(=O)/C=C/c1cccc(Cl)c1Cl. The van der Waals surface area contributed by atoms with Gasteiger partial charge in [0.1, 0.15) is 6.04 Å². The molecule has 4 nitrogen and oxygen atoms in total. The first kappa shape index (κ1) is 15.9. The van der Waals surface area contributed by atoms with Gasteiger partial charge in [0.25, 0.3) is 0 Å². The predicted octanol–water partition coefficient (Wildman–Crippen LogP) is 3.17. The molecule has 1 aromatic rings. The molecule has 1 fully saturated rings. The summed E-state index contributed by atoms with van der Waals surface area (Å²) in [6.45, 7) is 0.548. The summed E-state index contributed by atoms with van der Waals surface area (Å²) in [6.07, 6.45) is 4.42. The molecular formula is C15H15Cl2NO3. The Hall–Kier alpha value is -1.52. The monoisotopic (exact) mass is 327 g/mol. The van der Waals surface area contributed by atoms with Crippen molar-refractivity contribution in [2.75, 3.05) is 13.7 Å². The number of carbonyl (C=O) groups excluding carboxylic acids is 2. The Bertz CT molecular complexity index is 586. The minimum atomic E-state index is -0.498. The number of ether oxygens (including phenoxy) is 1. The molecule has 6 heteroatoms. The quantitative estimate of drug-likeness (QED) is 0.632. The summed E-state index contributed by atoms with van der Waals surface area (Å²) < 4.78 is 4.72. The lowest BCUT2D eigenvalue weighted by atomic mass is 10.2. The molecule has 1 atom stereocenters. The van der Waals surface area contributed by atoms with Crippen molar-refractivity contribution < 1.29 is 14.3 Å². The van der Waals surface area contributed by atoms with E-state index < -0.39 is 6.04 Å². The Morgan fingerprint density at radius 2 is 2.14 bits per heavy atom. The molecule has 2 rings (SSSR count). The second kappa shape index (κ2) is 6.96. The molecule has 0 spiro atoms. The van der Waals surface area contributed by atoms with Crippen molar-refractivity contribution in [2.24, 2.45) is 0 Å². The highest BCUT2D eigenvalue weighted by atomic mass is 35.5. The summed E-state index contributed by atoms with van der Waals surface area (Å²) in [5.74, 6) is -0.617. The van der Waals surface area contributed by atoms with Gasteiger partial charge in [-0.25, -0.2) is 4.79 Å². The van der Waals surface area contributed by atoms with Crippen molar-refractivity contribution in [2.45, 2.75) is 18.9 Å². The lowest BCUT2D eigenvalue weighted by molar-refractivity contribution is -0.149. The number of nitrogens with zero attached hydrogens (tertiary/aromatic N) is 1. The van der Waals surface area contributed by atoms with E-state index in [-0.39, 0.29) is 11.9 Å². The van der Waals surface area contributed by atoms with Gasteiger partial charge in [-0.1, -0.05) is 35.3 Å². The smallest absolute Gasteiger partial charge is 0.328 e. The van der Waals surface area contributed by atoms with Gasteiger partial charge in [0.2, 0.25) is 5.91 Å². The Balaban J connectivity index is 2.12. The Morgan fingerprint density at radius 3 is 2.86 bits per heavy atom. The highest BCUT2D eigenvalue weighted by molar-refractivity contribution is 6.42. The van der Waals surface area contributed by atoms with E-state index in [1.54, 1.807) is 24.3 Å². The van der Waals surface area contributed by atoms with Gasteiger partial charge in [0.05, 0.1) is 17.2 Å². The minimum absolute atomic E-state index is 0.237. The van der Waals surface area contributed by atoms with Crippen molar-refractivity contribution in [3.8, 4) is 0 Å². The molecule has 0 saturated carbocycles. The van der Waals surface area contributed by atoms with E-state index in [9.17, 15) is 9.59 Å².